The van der Waals surface area contributed by atoms with Gasteiger partial charge in [0.25, 0.3) is 0 Å². The number of carbonyl (C=O) groups excluding carboxylic acids is 2. The lowest BCUT2D eigenvalue weighted by Crippen LogP contribution is -2.13. The summed E-state index contributed by atoms with van der Waals surface area (Å²) in [6.07, 6.45) is 0. The quantitative estimate of drug-likeness (QED) is 0.512. The molecule has 1 heterocycles. The van der Waals surface area contributed by atoms with Crippen LogP contribution in [0.4, 0.5) is 0 Å². The van der Waals surface area contributed by atoms with Crippen molar-refractivity contribution in [3.05, 3.63) is 70.9 Å². The minimum Gasteiger partial charge on any atom is -0.487 e. The van der Waals surface area contributed by atoms with Crippen LogP contribution in [0.1, 0.15) is 38.9 Å². The average Bonchev–Trinajstić information content (AvgIpc) is 2.66. The molecule has 0 aliphatic heterocycles. The maximum atomic E-state index is 12.3. The van der Waals surface area contributed by atoms with Crippen molar-refractivity contribution in [1.82, 2.24) is 4.98 Å². The third-order valence-electron chi connectivity index (χ3n) is 4.25. The number of rotatable bonds is 5. The zero-order valence-electron chi connectivity index (χ0n) is 14.9. The van der Waals surface area contributed by atoms with E-state index in [0.717, 1.165) is 16.5 Å². The van der Waals surface area contributed by atoms with E-state index in [-0.39, 0.29) is 12.4 Å². The summed E-state index contributed by atoms with van der Waals surface area (Å²) in [7, 11) is 1.35. The van der Waals surface area contributed by atoms with Crippen LogP contribution in [0.5, 0.6) is 5.75 Å². The smallest absolute Gasteiger partial charge is 0.340 e. The van der Waals surface area contributed by atoms with Gasteiger partial charge in [0.05, 0.1) is 23.9 Å². The number of hydrogen-bond donors (Lipinski definition) is 0. The molecule has 0 bridgehead atoms. The van der Waals surface area contributed by atoms with E-state index < -0.39 is 5.97 Å². The van der Waals surface area contributed by atoms with Gasteiger partial charge in [-0.3, -0.25) is 4.79 Å². The number of ether oxygens (including phenoxy) is 2. The molecule has 3 rings (SSSR count). The predicted molar refractivity (Wildman–Crippen MR) is 98.6 cm³/mol. The minimum atomic E-state index is -0.439. The molecule has 1 aromatic heterocycles. The fourth-order valence-corrected chi connectivity index (χ4v) is 2.86. The second-order valence-electron chi connectivity index (χ2n) is 5.94. The fraction of sp³-hybridized carbons (Fsp3) is 0.190. The highest BCUT2D eigenvalue weighted by Gasteiger charge is 2.19. The molecule has 0 spiro atoms. The van der Waals surface area contributed by atoms with Gasteiger partial charge in [0, 0.05) is 10.9 Å². The Morgan fingerprint density at radius 2 is 1.73 bits per heavy atom. The van der Waals surface area contributed by atoms with Crippen molar-refractivity contribution in [3.63, 3.8) is 0 Å². The first kappa shape index (κ1) is 17.6. The molecular formula is C21H19NO4. The molecule has 0 saturated carbocycles. The number of nitrogens with zero attached hydrogens (tertiary/aromatic N) is 1. The molecular weight excluding hydrogens is 330 g/mol. The summed E-state index contributed by atoms with van der Waals surface area (Å²) in [5.74, 6) is 0.154. The molecule has 0 aliphatic carbocycles. The maximum absolute atomic E-state index is 12.3. The van der Waals surface area contributed by atoms with Crippen molar-refractivity contribution in [2.45, 2.75) is 20.5 Å². The summed E-state index contributed by atoms with van der Waals surface area (Å²) < 4.78 is 10.7. The number of hydrogen-bond acceptors (Lipinski definition) is 5. The average molecular weight is 349 g/mol. The molecule has 2 aromatic carbocycles. The Morgan fingerprint density at radius 1 is 1.04 bits per heavy atom. The van der Waals surface area contributed by atoms with E-state index in [9.17, 15) is 9.59 Å². The lowest BCUT2D eigenvalue weighted by Gasteiger charge is -2.14. The van der Waals surface area contributed by atoms with E-state index in [1.807, 2.05) is 31.2 Å². The fourth-order valence-electron chi connectivity index (χ4n) is 2.86. The van der Waals surface area contributed by atoms with Crippen molar-refractivity contribution >= 4 is 22.7 Å². The van der Waals surface area contributed by atoms with Gasteiger partial charge in [-0.1, -0.05) is 18.2 Å². The third kappa shape index (κ3) is 3.42. The van der Waals surface area contributed by atoms with Gasteiger partial charge in [0.1, 0.15) is 12.4 Å². The number of benzene rings is 2. The van der Waals surface area contributed by atoms with Crippen LogP contribution in [0.2, 0.25) is 0 Å². The first-order valence-corrected chi connectivity index (χ1v) is 8.21. The molecule has 0 atom stereocenters. The first-order chi connectivity index (χ1) is 12.5. The van der Waals surface area contributed by atoms with Crippen molar-refractivity contribution in [2.75, 3.05) is 7.11 Å². The Morgan fingerprint density at radius 3 is 2.38 bits per heavy atom. The van der Waals surface area contributed by atoms with E-state index in [4.69, 9.17) is 9.47 Å². The molecule has 0 amide bonds. The molecule has 0 aliphatic rings. The molecule has 0 saturated heterocycles. The lowest BCUT2D eigenvalue weighted by atomic mass is 10.0. The van der Waals surface area contributed by atoms with Crippen molar-refractivity contribution < 1.29 is 19.1 Å². The molecule has 0 fully saturated rings. The Bertz CT molecular complexity index is 977. The first-order valence-electron chi connectivity index (χ1n) is 8.21. The number of ketones is 1. The van der Waals surface area contributed by atoms with Crippen LogP contribution in [-0.4, -0.2) is 23.8 Å². The Kier molecular flexibility index (Phi) is 4.98. The largest absolute Gasteiger partial charge is 0.487 e. The Balaban J connectivity index is 1.95. The summed E-state index contributed by atoms with van der Waals surface area (Å²) in [5, 5.41) is 0.905. The van der Waals surface area contributed by atoms with E-state index in [0.29, 0.717) is 22.6 Å². The maximum Gasteiger partial charge on any atom is 0.340 e. The molecule has 5 nitrogen and oxygen atoms in total. The molecule has 5 heteroatoms. The molecule has 132 valence electrons. The number of aryl methyl sites for hydroxylation is 1. The van der Waals surface area contributed by atoms with Gasteiger partial charge in [-0.15, -0.1) is 0 Å². The summed E-state index contributed by atoms with van der Waals surface area (Å²) in [6, 6.07) is 14.5. The molecule has 0 N–H and O–H groups in total. The Labute approximate surface area is 151 Å². The number of fused-ring (bicyclic) bond motifs is 1. The second kappa shape index (κ2) is 7.35. The molecule has 26 heavy (non-hydrogen) atoms. The highest BCUT2D eigenvalue weighted by molar-refractivity contribution is 5.98. The molecule has 0 unspecified atom stereocenters. The summed E-state index contributed by atoms with van der Waals surface area (Å²) in [5.41, 5.74) is 3.17. The van der Waals surface area contributed by atoms with Crippen LogP contribution in [0.25, 0.3) is 10.9 Å². The van der Waals surface area contributed by atoms with E-state index in [1.54, 1.807) is 24.3 Å². The summed E-state index contributed by atoms with van der Waals surface area (Å²) in [6.45, 7) is 3.51. The monoisotopic (exact) mass is 349 g/mol. The number of pyridine rings is 1. The standard InChI is InChI=1S/C21H19NO4/c1-13-17-6-4-5-7-18(17)22-19(20(13)21(24)25-3)12-26-16-10-8-15(9-11-16)14(2)23/h4-11H,12H2,1-3H3. The van der Waals surface area contributed by atoms with Crippen LogP contribution in [0.15, 0.2) is 48.5 Å². The van der Waals surface area contributed by atoms with E-state index >= 15 is 0 Å². The molecule has 0 radical (unpaired) electrons. The number of para-hydroxylation sites is 1. The van der Waals surface area contributed by atoms with Gasteiger partial charge in [0.15, 0.2) is 5.78 Å². The number of aromatic nitrogens is 1. The van der Waals surface area contributed by atoms with Gasteiger partial charge < -0.3 is 9.47 Å². The predicted octanol–water partition coefficient (Wildman–Crippen LogP) is 4.11. The van der Waals surface area contributed by atoms with Gasteiger partial charge in [-0.25, -0.2) is 9.78 Å². The van der Waals surface area contributed by atoms with Crippen molar-refractivity contribution in [1.29, 1.82) is 0 Å². The van der Waals surface area contributed by atoms with Gasteiger partial charge in [0.2, 0.25) is 0 Å². The topological polar surface area (TPSA) is 65.5 Å². The molecule has 3 aromatic rings. The van der Waals surface area contributed by atoms with Crippen LogP contribution in [0, 0.1) is 6.92 Å². The van der Waals surface area contributed by atoms with Crippen LogP contribution >= 0.6 is 0 Å². The van der Waals surface area contributed by atoms with Crippen LogP contribution in [-0.2, 0) is 11.3 Å². The highest BCUT2D eigenvalue weighted by atomic mass is 16.5. The lowest BCUT2D eigenvalue weighted by molar-refractivity contribution is 0.0596. The summed E-state index contributed by atoms with van der Waals surface area (Å²) in [4.78, 5) is 28.2. The van der Waals surface area contributed by atoms with E-state index in [2.05, 4.69) is 4.98 Å². The number of esters is 1. The van der Waals surface area contributed by atoms with Crippen molar-refractivity contribution in [2.24, 2.45) is 0 Å². The number of methoxy groups -OCH3 is 1. The number of Topliss-reactive ketones (excluding diaryl/α,β-unsaturated/α-hetero) is 1. The Hall–Kier alpha value is -3.21. The third-order valence-corrected chi connectivity index (χ3v) is 4.25. The normalized spacial score (nSPS) is 10.6. The summed E-state index contributed by atoms with van der Waals surface area (Å²) >= 11 is 0. The van der Waals surface area contributed by atoms with Crippen LogP contribution in [0.3, 0.4) is 0 Å². The van der Waals surface area contributed by atoms with Crippen molar-refractivity contribution in [3.8, 4) is 5.75 Å². The number of carbonyl (C=O) groups is 2. The van der Waals surface area contributed by atoms with Crippen LogP contribution < -0.4 is 4.74 Å². The minimum absolute atomic E-state index is 0.00338. The second-order valence-corrected chi connectivity index (χ2v) is 5.94. The zero-order chi connectivity index (χ0) is 18.7. The van der Waals surface area contributed by atoms with E-state index in [1.165, 1.54) is 14.0 Å². The van der Waals surface area contributed by atoms with Gasteiger partial charge in [-0.05, 0) is 49.7 Å². The SMILES string of the molecule is COC(=O)c1c(COc2ccc(C(C)=O)cc2)nc2ccccc2c1C. The van der Waals surface area contributed by atoms with Gasteiger partial charge >= 0.3 is 5.97 Å². The zero-order valence-corrected chi connectivity index (χ0v) is 14.9. The highest BCUT2D eigenvalue weighted by Crippen LogP contribution is 2.25. The van der Waals surface area contributed by atoms with Gasteiger partial charge in [-0.2, -0.15) is 0 Å².